The summed E-state index contributed by atoms with van der Waals surface area (Å²) in [5, 5.41) is 9.49. The molecule has 0 radical (unpaired) electrons. The number of aliphatic hydroxyl groups is 1. The molecule has 2 amide bonds. The van der Waals surface area contributed by atoms with E-state index in [1.807, 2.05) is 0 Å². The largest absolute Gasteiger partial charge is 0.393 e. The van der Waals surface area contributed by atoms with Gasteiger partial charge in [-0.15, -0.1) is 0 Å². The highest BCUT2D eigenvalue weighted by Gasteiger charge is 2.45. The third kappa shape index (κ3) is 1.88. The highest BCUT2D eigenvalue weighted by Crippen LogP contribution is 2.39. The normalized spacial score (nSPS) is 41.4. The second-order valence-corrected chi connectivity index (χ2v) is 5.83. The van der Waals surface area contributed by atoms with E-state index in [1.54, 1.807) is 0 Å². The molecule has 4 unspecified atom stereocenters. The molecule has 0 spiro atoms. The Morgan fingerprint density at radius 2 is 1.65 bits per heavy atom. The van der Waals surface area contributed by atoms with Gasteiger partial charge in [-0.25, -0.2) is 0 Å². The number of nitrogens with zero attached hydrogens (tertiary/aromatic N) is 1. The molecule has 3 rings (SSSR count). The molecule has 4 nitrogen and oxygen atoms in total. The molecule has 0 aromatic heterocycles. The summed E-state index contributed by atoms with van der Waals surface area (Å²) in [6.07, 6.45) is 4.82. The van der Waals surface area contributed by atoms with Crippen molar-refractivity contribution < 1.29 is 14.7 Å². The SMILES string of the molecule is O=C1C2CCC(C2)C(=O)N1CC1CCC(O)C1. The summed E-state index contributed by atoms with van der Waals surface area (Å²) in [4.78, 5) is 25.7. The molecule has 1 aliphatic heterocycles. The first-order chi connectivity index (χ1) is 8.15. The maximum Gasteiger partial charge on any atom is 0.232 e. The first kappa shape index (κ1) is 11.2. The molecule has 2 saturated carbocycles. The fourth-order valence-corrected chi connectivity index (χ4v) is 3.63. The maximum atomic E-state index is 12.1. The summed E-state index contributed by atoms with van der Waals surface area (Å²) in [6, 6.07) is 0. The lowest BCUT2D eigenvalue weighted by molar-refractivity contribution is -0.153. The van der Waals surface area contributed by atoms with Gasteiger partial charge in [-0.1, -0.05) is 0 Å². The Kier molecular flexibility index (Phi) is 2.69. The van der Waals surface area contributed by atoms with Gasteiger partial charge in [-0.05, 0) is 44.4 Å². The van der Waals surface area contributed by atoms with Crippen LogP contribution in [0, 0.1) is 17.8 Å². The van der Waals surface area contributed by atoms with E-state index in [0.717, 1.165) is 38.5 Å². The van der Waals surface area contributed by atoms with Gasteiger partial charge in [0, 0.05) is 18.4 Å². The molecule has 3 aliphatic rings. The van der Waals surface area contributed by atoms with Crippen LogP contribution < -0.4 is 0 Å². The Bertz CT molecular complexity index is 333. The molecule has 2 aliphatic carbocycles. The molecule has 1 saturated heterocycles. The van der Waals surface area contributed by atoms with Crippen molar-refractivity contribution in [3.8, 4) is 0 Å². The van der Waals surface area contributed by atoms with E-state index in [-0.39, 0.29) is 29.8 Å². The summed E-state index contributed by atoms with van der Waals surface area (Å²) in [7, 11) is 0. The number of fused-ring (bicyclic) bond motifs is 2. The van der Waals surface area contributed by atoms with Crippen LogP contribution in [0.3, 0.4) is 0 Å². The highest BCUT2D eigenvalue weighted by atomic mass is 16.3. The van der Waals surface area contributed by atoms with Gasteiger partial charge in [-0.2, -0.15) is 0 Å². The number of piperidine rings is 1. The lowest BCUT2D eigenvalue weighted by Crippen LogP contribution is -2.48. The van der Waals surface area contributed by atoms with Gasteiger partial charge >= 0.3 is 0 Å². The van der Waals surface area contributed by atoms with Crippen molar-refractivity contribution in [2.24, 2.45) is 17.8 Å². The van der Waals surface area contributed by atoms with E-state index in [0.29, 0.717) is 12.5 Å². The molecular weight excluding hydrogens is 218 g/mol. The smallest absolute Gasteiger partial charge is 0.232 e. The number of carbonyl (C=O) groups is 2. The summed E-state index contributed by atoms with van der Waals surface area (Å²) in [5.74, 6) is 0.610. The number of rotatable bonds is 2. The van der Waals surface area contributed by atoms with Crippen LogP contribution in [0.15, 0.2) is 0 Å². The van der Waals surface area contributed by atoms with Gasteiger partial charge < -0.3 is 5.11 Å². The second kappa shape index (κ2) is 4.09. The zero-order valence-corrected chi connectivity index (χ0v) is 9.97. The van der Waals surface area contributed by atoms with Crippen molar-refractivity contribution in [1.29, 1.82) is 0 Å². The van der Waals surface area contributed by atoms with Gasteiger partial charge in [0.15, 0.2) is 0 Å². The average molecular weight is 237 g/mol. The minimum Gasteiger partial charge on any atom is -0.393 e. The predicted octanol–water partition coefficient (Wildman–Crippen LogP) is 0.932. The lowest BCUT2D eigenvalue weighted by atomic mass is 9.95. The molecule has 3 fully saturated rings. The Balaban J connectivity index is 1.69. The fraction of sp³-hybridized carbons (Fsp3) is 0.846. The highest BCUT2D eigenvalue weighted by molar-refractivity contribution is 6.00. The average Bonchev–Trinajstić information content (AvgIpc) is 2.90. The summed E-state index contributed by atoms with van der Waals surface area (Å²) in [6.45, 7) is 0.543. The van der Waals surface area contributed by atoms with Crippen LogP contribution in [-0.2, 0) is 9.59 Å². The quantitative estimate of drug-likeness (QED) is 0.727. The van der Waals surface area contributed by atoms with Gasteiger partial charge in [0.1, 0.15) is 0 Å². The van der Waals surface area contributed by atoms with Crippen LogP contribution in [0.25, 0.3) is 0 Å². The van der Waals surface area contributed by atoms with E-state index in [9.17, 15) is 14.7 Å². The Morgan fingerprint density at radius 1 is 1.00 bits per heavy atom. The second-order valence-electron chi connectivity index (χ2n) is 5.83. The number of amides is 2. The van der Waals surface area contributed by atoms with Crippen molar-refractivity contribution in [2.75, 3.05) is 6.54 Å². The molecule has 0 aromatic rings. The van der Waals surface area contributed by atoms with E-state index in [4.69, 9.17) is 0 Å². The minimum absolute atomic E-state index is 0.0464. The van der Waals surface area contributed by atoms with Crippen molar-refractivity contribution >= 4 is 11.8 Å². The third-order valence-electron chi connectivity index (χ3n) is 4.62. The van der Waals surface area contributed by atoms with Crippen LogP contribution in [0.1, 0.15) is 38.5 Å². The first-order valence-corrected chi connectivity index (χ1v) is 6.68. The lowest BCUT2D eigenvalue weighted by Gasteiger charge is -2.31. The van der Waals surface area contributed by atoms with E-state index >= 15 is 0 Å². The monoisotopic (exact) mass is 237 g/mol. The van der Waals surface area contributed by atoms with Gasteiger partial charge in [-0.3, -0.25) is 14.5 Å². The van der Waals surface area contributed by atoms with Gasteiger partial charge in [0.05, 0.1) is 6.10 Å². The zero-order chi connectivity index (χ0) is 12.0. The third-order valence-corrected chi connectivity index (χ3v) is 4.62. The summed E-state index contributed by atoms with van der Waals surface area (Å²) >= 11 is 0. The zero-order valence-electron chi connectivity index (χ0n) is 9.97. The topological polar surface area (TPSA) is 57.6 Å². The number of carbonyl (C=O) groups excluding carboxylic acids is 2. The Morgan fingerprint density at radius 3 is 2.18 bits per heavy atom. The molecule has 4 heteroatoms. The van der Waals surface area contributed by atoms with Gasteiger partial charge in [0.25, 0.3) is 0 Å². The molecule has 1 heterocycles. The first-order valence-electron chi connectivity index (χ1n) is 6.68. The van der Waals surface area contributed by atoms with Gasteiger partial charge in [0.2, 0.25) is 11.8 Å². The van der Waals surface area contributed by atoms with Crippen LogP contribution in [-0.4, -0.2) is 34.5 Å². The van der Waals surface area contributed by atoms with Crippen LogP contribution in [0.5, 0.6) is 0 Å². The molecular formula is C13H19NO3. The van der Waals surface area contributed by atoms with Crippen molar-refractivity contribution in [1.82, 2.24) is 4.90 Å². The fourth-order valence-electron chi connectivity index (χ4n) is 3.63. The Labute approximate surface area is 101 Å². The predicted molar refractivity (Wildman–Crippen MR) is 60.9 cm³/mol. The molecule has 1 N–H and O–H groups in total. The van der Waals surface area contributed by atoms with Crippen molar-refractivity contribution in [2.45, 2.75) is 44.6 Å². The molecule has 17 heavy (non-hydrogen) atoms. The Hall–Kier alpha value is -0.900. The minimum atomic E-state index is -0.230. The summed E-state index contributed by atoms with van der Waals surface area (Å²) < 4.78 is 0. The molecule has 0 aromatic carbocycles. The van der Waals surface area contributed by atoms with Crippen molar-refractivity contribution in [3.05, 3.63) is 0 Å². The van der Waals surface area contributed by atoms with Crippen LogP contribution in [0.2, 0.25) is 0 Å². The van der Waals surface area contributed by atoms with Crippen LogP contribution in [0.4, 0.5) is 0 Å². The molecule has 94 valence electrons. The molecule has 4 atom stereocenters. The van der Waals surface area contributed by atoms with E-state index in [2.05, 4.69) is 0 Å². The number of likely N-dealkylation sites (tertiary alicyclic amines) is 1. The summed E-state index contributed by atoms with van der Waals surface area (Å²) in [5.41, 5.74) is 0. The number of hydrogen-bond acceptors (Lipinski definition) is 3. The standard InChI is InChI=1S/C13H19NO3/c15-11-4-1-8(5-11)7-14-12(16)9-2-3-10(6-9)13(14)17/h8-11,15H,1-7H2. The number of imide groups is 1. The van der Waals surface area contributed by atoms with Crippen molar-refractivity contribution in [3.63, 3.8) is 0 Å². The van der Waals surface area contributed by atoms with E-state index < -0.39 is 0 Å². The number of hydrogen-bond donors (Lipinski definition) is 1. The van der Waals surface area contributed by atoms with E-state index in [1.165, 1.54) is 4.90 Å². The maximum absolute atomic E-state index is 12.1. The van der Waals surface area contributed by atoms with Crippen LogP contribution >= 0.6 is 0 Å². The molecule has 2 bridgehead atoms. The number of aliphatic hydroxyl groups excluding tert-OH is 1.